The predicted octanol–water partition coefficient (Wildman–Crippen LogP) is 4.26. The highest BCUT2D eigenvalue weighted by atomic mass is 28.4. The van der Waals surface area contributed by atoms with E-state index in [-0.39, 0.29) is 29.8 Å². The monoisotopic (exact) mass is 450 g/mol. The van der Waals surface area contributed by atoms with Crippen molar-refractivity contribution in [3.8, 4) is 11.5 Å². The van der Waals surface area contributed by atoms with Crippen LogP contribution in [0.1, 0.15) is 36.7 Å². The van der Waals surface area contributed by atoms with E-state index in [2.05, 4.69) is 45.0 Å². The zero-order chi connectivity index (χ0) is 23.2. The van der Waals surface area contributed by atoms with Crippen molar-refractivity contribution in [2.24, 2.45) is 0 Å². The zero-order valence-corrected chi connectivity index (χ0v) is 20.0. The van der Waals surface area contributed by atoms with Crippen molar-refractivity contribution in [3.05, 3.63) is 83.9 Å². The molecular weight excluding hydrogens is 420 g/mol. The lowest BCUT2D eigenvalue weighted by Gasteiger charge is -2.43. The van der Waals surface area contributed by atoms with Gasteiger partial charge in [-0.25, -0.2) is 0 Å². The Balaban J connectivity index is 2.11. The van der Waals surface area contributed by atoms with Gasteiger partial charge in [-0.05, 0) is 27.0 Å². The Hall–Kier alpha value is -2.93. The van der Waals surface area contributed by atoms with Crippen LogP contribution in [-0.4, -0.2) is 33.6 Å². The molecule has 0 saturated carbocycles. The number of aldehydes is 1. The van der Waals surface area contributed by atoms with Gasteiger partial charge >= 0.3 is 0 Å². The molecule has 0 heterocycles. The van der Waals surface area contributed by atoms with Crippen LogP contribution in [0.15, 0.2) is 72.8 Å². The molecule has 0 radical (unpaired) electrons. The average Bonchev–Trinajstić information content (AvgIpc) is 2.78. The van der Waals surface area contributed by atoms with Crippen molar-refractivity contribution in [2.45, 2.75) is 32.4 Å². The van der Waals surface area contributed by atoms with E-state index in [1.807, 2.05) is 36.4 Å². The number of benzene rings is 3. The Morgan fingerprint density at radius 3 is 1.97 bits per heavy atom. The first kappa shape index (κ1) is 23.7. The molecule has 32 heavy (non-hydrogen) atoms. The van der Waals surface area contributed by atoms with Crippen LogP contribution in [0.4, 0.5) is 0 Å². The van der Waals surface area contributed by atoms with Gasteiger partial charge < -0.3 is 19.0 Å². The molecule has 0 spiro atoms. The number of ether oxygens (including phenoxy) is 2. The molecule has 0 atom stereocenters. The van der Waals surface area contributed by atoms with Crippen molar-refractivity contribution in [1.82, 2.24) is 0 Å². The van der Waals surface area contributed by atoms with Crippen LogP contribution in [0.25, 0.3) is 0 Å². The first-order valence-electron chi connectivity index (χ1n) is 10.5. The number of hydrogen-bond acceptors (Lipinski definition) is 5. The number of carbonyl (C=O) groups excluding carboxylic acids is 1. The van der Waals surface area contributed by atoms with Crippen LogP contribution in [0.3, 0.4) is 0 Å². The Bertz CT molecular complexity index is 990. The van der Waals surface area contributed by atoms with Crippen molar-refractivity contribution < 1.29 is 23.8 Å². The minimum Gasteiger partial charge on any atom is -0.507 e. The lowest BCUT2D eigenvalue weighted by atomic mass is 10.1. The maximum absolute atomic E-state index is 11.8. The fourth-order valence-corrected chi connectivity index (χ4v) is 8.61. The zero-order valence-electron chi connectivity index (χ0n) is 19.0. The maximum Gasteiger partial charge on any atom is 0.261 e. The van der Waals surface area contributed by atoms with Gasteiger partial charge in [0.15, 0.2) is 13.1 Å². The number of phenolic OH excluding ortho intramolecular Hbond substituents is 1. The van der Waals surface area contributed by atoms with Crippen LogP contribution in [0.5, 0.6) is 11.5 Å². The summed E-state index contributed by atoms with van der Waals surface area (Å²) in [7, 11) is -1.27. The Morgan fingerprint density at radius 1 is 0.938 bits per heavy atom. The van der Waals surface area contributed by atoms with Gasteiger partial charge in [-0.2, -0.15) is 0 Å². The van der Waals surface area contributed by atoms with Gasteiger partial charge in [-0.3, -0.25) is 4.79 Å². The smallest absolute Gasteiger partial charge is 0.261 e. The van der Waals surface area contributed by atoms with Crippen LogP contribution in [0.2, 0.25) is 5.04 Å². The Morgan fingerprint density at radius 2 is 1.50 bits per heavy atom. The van der Waals surface area contributed by atoms with Gasteiger partial charge in [0.2, 0.25) is 0 Å². The lowest BCUT2D eigenvalue weighted by molar-refractivity contribution is 0.0508. The molecule has 168 valence electrons. The third-order valence-corrected chi connectivity index (χ3v) is 10.5. The topological polar surface area (TPSA) is 65.0 Å². The summed E-state index contributed by atoms with van der Waals surface area (Å²) >= 11 is 0. The molecule has 3 rings (SSSR count). The van der Waals surface area contributed by atoms with Crippen molar-refractivity contribution >= 4 is 25.0 Å². The molecule has 0 amide bonds. The second kappa shape index (κ2) is 10.1. The summed E-state index contributed by atoms with van der Waals surface area (Å²) in [5.41, 5.74) is 0.770. The Labute approximate surface area is 190 Å². The summed E-state index contributed by atoms with van der Waals surface area (Å²) in [4.78, 5) is 11.8. The van der Waals surface area contributed by atoms with E-state index in [1.165, 1.54) is 13.2 Å². The predicted molar refractivity (Wildman–Crippen MR) is 128 cm³/mol. The molecule has 0 saturated heterocycles. The Kier molecular flexibility index (Phi) is 7.51. The van der Waals surface area contributed by atoms with E-state index in [0.717, 1.165) is 10.4 Å². The van der Waals surface area contributed by atoms with Crippen LogP contribution in [-0.2, 0) is 15.8 Å². The third kappa shape index (κ3) is 4.77. The van der Waals surface area contributed by atoms with Gasteiger partial charge in [0.1, 0.15) is 11.5 Å². The van der Waals surface area contributed by atoms with Gasteiger partial charge in [0.05, 0.1) is 12.2 Å². The van der Waals surface area contributed by atoms with Crippen LogP contribution >= 0.6 is 0 Å². The van der Waals surface area contributed by atoms with Crippen LogP contribution in [0, 0.1) is 0 Å². The highest BCUT2D eigenvalue weighted by Gasteiger charge is 2.50. The summed E-state index contributed by atoms with van der Waals surface area (Å²) in [5.74, 6) is 0.269. The van der Waals surface area contributed by atoms with E-state index >= 15 is 0 Å². The highest BCUT2D eigenvalue weighted by molar-refractivity contribution is 6.99. The molecule has 3 aromatic carbocycles. The number of phenols is 1. The minimum atomic E-state index is -2.79. The summed E-state index contributed by atoms with van der Waals surface area (Å²) in [6.07, 6.45) is 0.652. The molecule has 6 heteroatoms. The number of rotatable bonds is 9. The molecule has 0 aliphatic carbocycles. The summed E-state index contributed by atoms with van der Waals surface area (Å²) in [5, 5.41) is 12.5. The normalized spacial score (nSPS) is 11.9. The molecule has 1 N–H and O–H groups in total. The van der Waals surface area contributed by atoms with E-state index in [1.54, 1.807) is 6.07 Å². The number of aromatic hydroxyl groups is 1. The van der Waals surface area contributed by atoms with Crippen molar-refractivity contribution in [1.29, 1.82) is 0 Å². The first-order chi connectivity index (χ1) is 15.3. The second-order valence-corrected chi connectivity index (χ2v) is 12.9. The molecule has 0 aromatic heterocycles. The first-order valence-corrected chi connectivity index (χ1v) is 12.4. The molecule has 0 aliphatic rings. The average molecular weight is 451 g/mol. The second-order valence-electron chi connectivity index (χ2n) is 8.64. The van der Waals surface area contributed by atoms with Crippen molar-refractivity contribution in [3.63, 3.8) is 0 Å². The third-order valence-electron chi connectivity index (χ3n) is 5.54. The van der Waals surface area contributed by atoms with E-state index < -0.39 is 8.32 Å². The number of carbonyl (C=O) groups is 1. The molecule has 0 aliphatic heterocycles. The quantitative estimate of drug-likeness (QED) is 0.300. The minimum absolute atomic E-state index is 0.0366. The summed E-state index contributed by atoms with van der Waals surface area (Å²) in [6.45, 7) is 6.76. The standard InChI is InChI=1S/C26H30O5Si/c1-26(2,3)32(22-11-7-5-8-12-22,23-13-9-6-10-14-23)31-18-20-15-21(30-19-29-4)16-25(28)24(20)17-27/h5-17,28H,18-19H2,1-4H3. The van der Waals surface area contributed by atoms with Crippen molar-refractivity contribution in [2.75, 3.05) is 13.9 Å². The fourth-order valence-electron chi connectivity index (χ4n) is 4.08. The van der Waals surface area contributed by atoms with E-state index in [0.29, 0.717) is 17.6 Å². The molecule has 0 fully saturated rings. The SMILES string of the molecule is COCOc1cc(O)c(C=O)c(CO[Si](c2ccccc2)(c2ccccc2)C(C)(C)C)c1. The highest BCUT2D eigenvalue weighted by Crippen LogP contribution is 2.38. The van der Waals surface area contributed by atoms with E-state index in [4.69, 9.17) is 13.9 Å². The molecule has 5 nitrogen and oxygen atoms in total. The molecular formula is C26H30O5Si. The van der Waals surface area contributed by atoms with Gasteiger partial charge in [-0.1, -0.05) is 81.4 Å². The van der Waals surface area contributed by atoms with Gasteiger partial charge in [0.25, 0.3) is 8.32 Å². The largest absolute Gasteiger partial charge is 0.507 e. The molecule has 0 unspecified atom stereocenters. The number of hydrogen-bond donors (Lipinski definition) is 1. The molecule has 3 aromatic rings. The van der Waals surface area contributed by atoms with Gasteiger partial charge in [-0.15, -0.1) is 0 Å². The summed E-state index contributed by atoms with van der Waals surface area (Å²) in [6, 6.07) is 23.7. The summed E-state index contributed by atoms with van der Waals surface area (Å²) < 4.78 is 17.4. The molecule has 0 bridgehead atoms. The maximum atomic E-state index is 11.8. The number of methoxy groups -OCH3 is 1. The van der Waals surface area contributed by atoms with E-state index in [9.17, 15) is 9.90 Å². The van der Waals surface area contributed by atoms with Gasteiger partial charge in [0, 0.05) is 13.2 Å². The van der Waals surface area contributed by atoms with Crippen LogP contribution < -0.4 is 15.1 Å². The fraction of sp³-hybridized carbons (Fsp3) is 0.269. The lowest BCUT2D eigenvalue weighted by Crippen LogP contribution is -2.66.